The van der Waals surface area contributed by atoms with Crippen molar-refractivity contribution in [3.8, 4) is 0 Å². The number of carbonyl (C=O) groups is 1. The van der Waals surface area contributed by atoms with Gasteiger partial charge in [0.2, 0.25) is 5.91 Å². The fourth-order valence-corrected chi connectivity index (χ4v) is 1.95. The van der Waals surface area contributed by atoms with Gasteiger partial charge in [0, 0.05) is 32.7 Å². The Morgan fingerprint density at radius 2 is 1.95 bits per heavy atom. The molecule has 1 rings (SSSR count). The Kier molecular flexibility index (Phi) is 6.70. The number of piperazine rings is 1. The molecule has 118 valence electrons. The zero-order valence-electron chi connectivity index (χ0n) is 11.8. The Balaban J connectivity index is 2.46. The van der Waals surface area contributed by atoms with Crippen LogP contribution in [0.2, 0.25) is 0 Å². The van der Waals surface area contributed by atoms with E-state index in [4.69, 9.17) is 4.74 Å². The summed E-state index contributed by atoms with van der Waals surface area (Å²) in [5, 5.41) is 5.30. The highest BCUT2D eigenvalue weighted by molar-refractivity contribution is 5.77. The second-order valence-electron chi connectivity index (χ2n) is 5.01. The van der Waals surface area contributed by atoms with Crippen LogP contribution in [0.1, 0.15) is 13.8 Å². The van der Waals surface area contributed by atoms with Crippen LogP contribution < -0.4 is 10.6 Å². The van der Waals surface area contributed by atoms with Crippen molar-refractivity contribution in [2.24, 2.45) is 0 Å². The molecule has 1 amide bonds. The van der Waals surface area contributed by atoms with Crippen LogP contribution in [0.25, 0.3) is 0 Å². The number of alkyl halides is 3. The average Bonchev–Trinajstić information content (AvgIpc) is 2.36. The van der Waals surface area contributed by atoms with Gasteiger partial charge in [0.25, 0.3) is 0 Å². The Hall–Kier alpha value is -0.860. The maximum absolute atomic E-state index is 13.0. The van der Waals surface area contributed by atoms with Crippen molar-refractivity contribution in [2.45, 2.75) is 32.2 Å². The summed E-state index contributed by atoms with van der Waals surface area (Å²) >= 11 is 0. The van der Waals surface area contributed by atoms with Gasteiger partial charge in [-0.2, -0.15) is 13.2 Å². The molecule has 0 aromatic carbocycles. The van der Waals surface area contributed by atoms with Gasteiger partial charge in [0.1, 0.15) is 12.6 Å². The van der Waals surface area contributed by atoms with Gasteiger partial charge in [0.15, 0.2) is 0 Å². The summed E-state index contributed by atoms with van der Waals surface area (Å²) in [5.41, 5.74) is 0. The van der Waals surface area contributed by atoms with Gasteiger partial charge in [-0.1, -0.05) is 0 Å². The number of carbonyl (C=O) groups excluding carboxylic acids is 1. The highest BCUT2D eigenvalue weighted by atomic mass is 19.4. The van der Waals surface area contributed by atoms with E-state index in [-0.39, 0.29) is 12.7 Å². The molecule has 0 spiro atoms. The molecule has 1 atom stereocenters. The van der Waals surface area contributed by atoms with E-state index >= 15 is 0 Å². The highest BCUT2D eigenvalue weighted by Crippen LogP contribution is 2.24. The SMILES string of the molecule is CC(C)OCC(=O)NCC(N1CCNCC1)C(F)(F)F. The molecule has 1 unspecified atom stereocenters. The molecule has 8 heteroatoms. The summed E-state index contributed by atoms with van der Waals surface area (Å²) in [6.45, 7) is 4.55. The van der Waals surface area contributed by atoms with Crippen LogP contribution in [0, 0.1) is 0 Å². The first-order valence-corrected chi connectivity index (χ1v) is 6.70. The minimum atomic E-state index is -4.36. The van der Waals surface area contributed by atoms with Crippen LogP contribution in [-0.2, 0) is 9.53 Å². The Labute approximate surface area is 116 Å². The average molecular weight is 297 g/mol. The molecule has 1 aliphatic rings. The van der Waals surface area contributed by atoms with Gasteiger partial charge < -0.3 is 15.4 Å². The molecule has 5 nitrogen and oxygen atoms in total. The van der Waals surface area contributed by atoms with E-state index in [1.165, 1.54) is 4.90 Å². The third-order valence-electron chi connectivity index (χ3n) is 3.01. The maximum Gasteiger partial charge on any atom is 0.405 e. The van der Waals surface area contributed by atoms with E-state index in [0.717, 1.165) is 0 Å². The number of nitrogens with zero attached hydrogens (tertiary/aromatic N) is 1. The number of hydrogen-bond donors (Lipinski definition) is 2. The summed E-state index contributed by atoms with van der Waals surface area (Å²) in [7, 11) is 0. The van der Waals surface area contributed by atoms with Crippen LogP contribution in [0.4, 0.5) is 13.2 Å². The smallest absolute Gasteiger partial charge is 0.369 e. The number of halogens is 3. The van der Waals surface area contributed by atoms with Crippen molar-refractivity contribution in [3.05, 3.63) is 0 Å². The second-order valence-corrected chi connectivity index (χ2v) is 5.01. The lowest BCUT2D eigenvalue weighted by Crippen LogP contribution is -2.57. The van der Waals surface area contributed by atoms with Crippen molar-refractivity contribution in [2.75, 3.05) is 39.3 Å². The van der Waals surface area contributed by atoms with Crippen molar-refractivity contribution in [1.82, 2.24) is 15.5 Å². The molecular weight excluding hydrogens is 275 g/mol. The van der Waals surface area contributed by atoms with Gasteiger partial charge in [-0.15, -0.1) is 0 Å². The molecule has 2 N–H and O–H groups in total. The quantitative estimate of drug-likeness (QED) is 0.743. The molecule has 20 heavy (non-hydrogen) atoms. The fraction of sp³-hybridized carbons (Fsp3) is 0.917. The van der Waals surface area contributed by atoms with Gasteiger partial charge in [-0.25, -0.2) is 0 Å². The predicted octanol–water partition coefficient (Wildman–Crippen LogP) is 0.364. The van der Waals surface area contributed by atoms with Crippen molar-refractivity contribution in [3.63, 3.8) is 0 Å². The zero-order valence-corrected chi connectivity index (χ0v) is 11.8. The first kappa shape index (κ1) is 17.2. The fourth-order valence-electron chi connectivity index (χ4n) is 1.95. The topological polar surface area (TPSA) is 53.6 Å². The molecule has 0 aliphatic carbocycles. The van der Waals surface area contributed by atoms with Crippen LogP contribution in [0.3, 0.4) is 0 Å². The molecule has 0 aromatic rings. The predicted molar refractivity (Wildman–Crippen MR) is 68.4 cm³/mol. The summed E-state index contributed by atoms with van der Waals surface area (Å²) in [6.07, 6.45) is -4.49. The van der Waals surface area contributed by atoms with E-state index in [9.17, 15) is 18.0 Å². The number of nitrogens with one attached hydrogen (secondary N) is 2. The summed E-state index contributed by atoms with van der Waals surface area (Å²) in [6, 6.07) is -1.65. The highest BCUT2D eigenvalue weighted by Gasteiger charge is 2.43. The molecule has 0 bridgehead atoms. The second kappa shape index (κ2) is 7.80. The summed E-state index contributed by atoms with van der Waals surface area (Å²) in [4.78, 5) is 12.8. The molecule has 1 heterocycles. The Morgan fingerprint density at radius 1 is 1.35 bits per heavy atom. The largest absolute Gasteiger partial charge is 0.405 e. The van der Waals surface area contributed by atoms with Crippen molar-refractivity contribution < 1.29 is 22.7 Å². The monoisotopic (exact) mass is 297 g/mol. The van der Waals surface area contributed by atoms with Gasteiger partial charge in [-0.3, -0.25) is 9.69 Å². The minimum absolute atomic E-state index is 0.132. The van der Waals surface area contributed by atoms with Crippen LogP contribution >= 0.6 is 0 Å². The molecule has 0 radical (unpaired) electrons. The van der Waals surface area contributed by atoms with E-state index in [0.29, 0.717) is 26.2 Å². The lowest BCUT2D eigenvalue weighted by molar-refractivity contribution is -0.184. The van der Waals surface area contributed by atoms with Crippen molar-refractivity contribution in [1.29, 1.82) is 0 Å². The van der Waals surface area contributed by atoms with Crippen LogP contribution in [0.15, 0.2) is 0 Å². The molecular formula is C12H22F3N3O2. The zero-order chi connectivity index (χ0) is 15.2. The number of hydrogen-bond acceptors (Lipinski definition) is 4. The van der Waals surface area contributed by atoms with Crippen molar-refractivity contribution >= 4 is 5.91 Å². The number of ether oxygens (including phenoxy) is 1. The Morgan fingerprint density at radius 3 is 2.45 bits per heavy atom. The van der Waals surface area contributed by atoms with Crippen LogP contribution in [-0.4, -0.2) is 68.5 Å². The van der Waals surface area contributed by atoms with Gasteiger partial charge >= 0.3 is 6.18 Å². The lowest BCUT2D eigenvalue weighted by Gasteiger charge is -2.35. The molecule has 1 saturated heterocycles. The molecule has 0 saturated carbocycles. The third kappa shape index (κ3) is 6.06. The van der Waals surface area contributed by atoms with Crippen LogP contribution in [0.5, 0.6) is 0 Å². The van der Waals surface area contributed by atoms with Gasteiger partial charge in [0.05, 0.1) is 6.10 Å². The summed E-state index contributed by atoms with van der Waals surface area (Å²) in [5.74, 6) is -0.525. The lowest BCUT2D eigenvalue weighted by atomic mass is 10.2. The molecule has 1 aliphatic heterocycles. The van der Waals surface area contributed by atoms with Gasteiger partial charge in [-0.05, 0) is 13.8 Å². The number of amides is 1. The molecule has 1 fully saturated rings. The Bertz CT molecular complexity index is 305. The van der Waals surface area contributed by atoms with E-state index in [1.807, 2.05) is 0 Å². The van der Waals surface area contributed by atoms with E-state index in [1.54, 1.807) is 13.8 Å². The first-order chi connectivity index (χ1) is 9.30. The summed E-state index contributed by atoms with van der Waals surface area (Å²) < 4.78 is 44.1. The van der Waals surface area contributed by atoms with E-state index < -0.39 is 24.7 Å². The minimum Gasteiger partial charge on any atom is -0.369 e. The third-order valence-corrected chi connectivity index (χ3v) is 3.01. The van der Waals surface area contributed by atoms with E-state index in [2.05, 4.69) is 10.6 Å². The maximum atomic E-state index is 13.0. The number of rotatable bonds is 6. The normalized spacial score (nSPS) is 19.1. The first-order valence-electron chi connectivity index (χ1n) is 6.70. The molecule has 0 aromatic heterocycles. The standard InChI is InChI=1S/C12H22F3N3O2/c1-9(2)20-8-11(19)17-7-10(12(13,14)15)18-5-3-16-4-6-18/h9-10,16H,3-8H2,1-2H3,(H,17,19).